The van der Waals surface area contributed by atoms with E-state index in [0.29, 0.717) is 11.7 Å². The lowest BCUT2D eigenvalue weighted by molar-refractivity contribution is -0.148. The summed E-state index contributed by atoms with van der Waals surface area (Å²) in [5.74, 6) is 1.41. The van der Waals surface area contributed by atoms with Crippen molar-refractivity contribution in [2.75, 3.05) is 7.11 Å². The highest BCUT2D eigenvalue weighted by Gasteiger charge is 2.42. The second-order valence-electron chi connectivity index (χ2n) is 6.45. The first kappa shape index (κ1) is 14.0. The second-order valence-corrected chi connectivity index (χ2v) is 6.45. The number of methoxy groups -OCH3 is 1. The lowest BCUT2D eigenvalue weighted by atomic mass is 9.74. The third-order valence-electron chi connectivity index (χ3n) is 5.06. The van der Waals surface area contributed by atoms with Gasteiger partial charge < -0.3 is 4.74 Å². The van der Waals surface area contributed by atoms with E-state index in [1.807, 2.05) is 0 Å². The highest BCUT2D eigenvalue weighted by molar-refractivity contribution is 5.89. The van der Waals surface area contributed by atoms with E-state index in [9.17, 15) is 4.79 Å². The molecule has 2 aliphatic rings. The lowest BCUT2D eigenvalue weighted by Gasteiger charge is -2.36. The van der Waals surface area contributed by atoms with E-state index < -0.39 is 5.60 Å². The van der Waals surface area contributed by atoms with Crippen molar-refractivity contribution in [1.29, 1.82) is 0 Å². The molecule has 0 spiro atoms. The smallest absolute Gasteiger partial charge is 0.167 e. The summed E-state index contributed by atoms with van der Waals surface area (Å²) < 4.78 is 5.76. The minimum Gasteiger partial charge on any atom is -0.370 e. The molecule has 18 heavy (non-hydrogen) atoms. The molecule has 0 saturated heterocycles. The average molecular weight is 252 g/mol. The Labute approximate surface area is 111 Å². The Balaban J connectivity index is 2.07. The fraction of sp³-hybridized carbons (Fsp3) is 0.938. The Morgan fingerprint density at radius 1 is 1.06 bits per heavy atom. The van der Waals surface area contributed by atoms with Crippen LogP contribution in [0.2, 0.25) is 0 Å². The summed E-state index contributed by atoms with van der Waals surface area (Å²) in [6, 6.07) is 0. The standard InChI is InChI=1S/C16H28O2/c1-13-8-7-9-14(12-13)15(17)16(18-2)10-5-3-4-6-11-16/h13-14H,3-12H2,1-2H3. The first-order chi connectivity index (χ1) is 8.68. The molecule has 0 heterocycles. The molecule has 0 aromatic carbocycles. The van der Waals surface area contributed by atoms with E-state index in [2.05, 4.69) is 6.92 Å². The number of ether oxygens (including phenoxy) is 1. The molecule has 2 aliphatic carbocycles. The molecule has 0 aromatic heterocycles. The summed E-state index contributed by atoms with van der Waals surface area (Å²) in [5, 5.41) is 0. The molecule has 0 aliphatic heterocycles. The van der Waals surface area contributed by atoms with Crippen LogP contribution in [-0.4, -0.2) is 18.5 Å². The van der Waals surface area contributed by atoms with Gasteiger partial charge in [-0.2, -0.15) is 0 Å². The van der Waals surface area contributed by atoms with Crippen molar-refractivity contribution in [1.82, 2.24) is 0 Å². The Morgan fingerprint density at radius 3 is 2.28 bits per heavy atom. The maximum absolute atomic E-state index is 12.9. The Hall–Kier alpha value is -0.370. The van der Waals surface area contributed by atoms with Crippen LogP contribution >= 0.6 is 0 Å². The molecule has 2 nitrogen and oxygen atoms in total. The summed E-state index contributed by atoms with van der Waals surface area (Å²) >= 11 is 0. The number of carbonyl (C=O) groups excluding carboxylic acids is 1. The van der Waals surface area contributed by atoms with E-state index in [0.717, 1.165) is 38.5 Å². The molecule has 0 radical (unpaired) electrons. The van der Waals surface area contributed by atoms with E-state index in [1.54, 1.807) is 7.11 Å². The molecular weight excluding hydrogens is 224 g/mol. The van der Waals surface area contributed by atoms with Gasteiger partial charge in [-0.1, -0.05) is 45.4 Å². The number of Topliss-reactive ketones (excluding diaryl/α,β-unsaturated/α-hetero) is 1. The molecule has 0 bridgehead atoms. The summed E-state index contributed by atoms with van der Waals surface area (Å²) in [4.78, 5) is 12.9. The zero-order valence-corrected chi connectivity index (χ0v) is 12.0. The van der Waals surface area contributed by atoms with E-state index >= 15 is 0 Å². The van der Waals surface area contributed by atoms with Crippen LogP contribution in [0, 0.1) is 11.8 Å². The maximum atomic E-state index is 12.9. The molecule has 2 unspecified atom stereocenters. The number of hydrogen-bond acceptors (Lipinski definition) is 2. The predicted molar refractivity (Wildman–Crippen MR) is 73.6 cm³/mol. The number of carbonyl (C=O) groups is 1. The number of ketones is 1. The van der Waals surface area contributed by atoms with Gasteiger partial charge in [-0.15, -0.1) is 0 Å². The van der Waals surface area contributed by atoms with Crippen molar-refractivity contribution in [2.24, 2.45) is 11.8 Å². The topological polar surface area (TPSA) is 26.3 Å². The maximum Gasteiger partial charge on any atom is 0.167 e. The first-order valence-electron chi connectivity index (χ1n) is 7.77. The Kier molecular flexibility index (Phi) is 4.83. The molecule has 2 heteroatoms. The fourth-order valence-corrected chi connectivity index (χ4v) is 3.90. The molecule has 0 N–H and O–H groups in total. The van der Waals surface area contributed by atoms with Crippen molar-refractivity contribution in [2.45, 2.75) is 76.7 Å². The van der Waals surface area contributed by atoms with E-state index in [-0.39, 0.29) is 5.92 Å². The lowest BCUT2D eigenvalue weighted by Crippen LogP contribution is -2.45. The summed E-state index contributed by atoms with van der Waals surface area (Å²) in [6.45, 7) is 2.28. The molecule has 2 rings (SSSR count). The van der Waals surface area contributed by atoms with Crippen LogP contribution in [0.1, 0.15) is 71.1 Å². The molecule has 0 aromatic rings. The summed E-state index contributed by atoms with van der Waals surface area (Å²) in [5.41, 5.74) is -0.432. The minimum atomic E-state index is -0.432. The van der Waals surface area contributed by atoms with Crippen molar-refractivity contribution in [3.8, 4) is 0 Å². The zero-order valence-electron chi connectivity index (χ0n) is 12.0. The third kappa shape index (κ3) is 2.96. The van der Waals surface area contributed by atoms with Crippen LogP contribution in [0.3, 0.4) is 0 Å². The van der Waals surface area contributed by atoms with Gasteiger partial charge in [0, 0.05) is 13.0 Å². The van der Waals surface area contributed by atoms with Gasteiger partial charge in [0.2, 0.25) is 0 Å². The largest absolute Gasteiger partial charge is 0.370 e. The van der Waals surface area contributed by atoms with Crippen LogP contribution < -0.4 is 0 Å². The third-order valence-corrected chi connectivity index (χ3v) is 5.06. The summed E-state index contributed by atoms with van der Waals surface area (Å²) in [7, 11) is 1.75. The molecular formula is C16H28O2. The van der Waals surface area contributed by atoms with Gasteiger partial charge in [-0.25, -0.2) is 0 Å². The van der Waals surface area contributed by atoms with Crippen LogP contribution in [0.15, 0.2) is 0 Å². The normalized spacial score (nSPS) is 32.8. The highest BCUT2D eigenvalue weighted by Crippen LogP contribution is 2.38. The van der Waals surface area contributed by atoms with Crippen molar-refractivity contribution in [3.63, 3.8) is 0 Å². The molecule has 2 fully saturated rings. The SMILES string of the molecule is COC1(C(=O)C2CCCC(C)C2)CCCCCC1. The molecule has 104 valence electrons. The van der Waals surface area contributed by atoms with Crippen molar-refractivity contribution >= 4 is 5.78 Å². The van der Waals surface area contributed by atoms with Gasteiger partial charge >= 0.3 is 0 Å². The quantitative estimate of drug-likeness (QED) is 0.706. The van der Waals surface area contributed by atoms with Crippen LogP contribution in [-0.2, 0) is 9.53 Å². The minimum absolute atomic E-state index is 0.270. The molecule has 0 amide bonds. The average Bonchev–Trinajstić information content (AvgIpc) is 2.64. The van der Waals surface area contributed by atoms with Crippen LogP contribution in [0.5, 0.6) is 0 Å². The fourth-order valence-electron chi connectivity index (χ4n) is 3.90. The second kappa shape index (κ2) is 6.18. The van der Waals surface area contributed by atoms with Gasteiger partial charge in [0.1, 0.15) is 5.60 Å². The van der Waals surface area contributed by atoms with E-state index in [4.69, 9.17) is 4.74 Å². The van der Waals surface area contributed by atoms with Crippen molar-refractivity contribution < 1.29 is 9.53 Å². The van der Waals surface area contributed by atoms with Gasteiger partial charge in [0.05, 0.1) is 0 Å². The predicted octanol–water partition coefficient (Wildman–Crippen LogP) is 4.12. The Morgan fingerprint density at radius 2 is 1.72 bits per heavy atom. The first-order valence-corrected chi connectivity index (χ1v) is 7.77. The van der Waals surface area contributed by atoms with Gasteiger partial charge in [0.25, 0.3) is 0 Å². The monoisotopic (exact) mass is 252 g/mol. The summed E-state index contributed by atoms with van der Waals surface area (Å²) in [6.07, 6.45) is 11.4. The zero-order chi connectivity index (χ0) is 13.0. The van der Waals surface area contributed by atoms with Crippen LogP contribution in [0.4, 0.5) is 0 Å². The van der Waals surface area contributed by atoms with Crippen molar-refractivity contribution in [3.05, 3.63) is 0 Å². The van der Waals surface area contributed by atoms with E-state index in [1.165, 1.54) is 25.7 Å². The van der Waals surface area contributed by atoms with Gasteiger partial charge in [-0.3, -0.25) is 4.79 Å². The van der Waals surface area contributed by atoms with Crippen LogP contribution in [0.25, 0.3) is 0 Å². The highest BCUT2D eigenvalue weighted by atomic mass is 16.5. The molecule has 2 saturated carbocycles. The molecule has 2 atom stereocenters. The van der Waals surface area contributed by atoms with Gasteiger partial charge in [0.15, 0.2) is 5.78 Å². The van der Waals surface area contributed by atoms with Gasteiger partial charge in [-0.05, 0) is 31.6 Å². The number of rotatable bonds is 3. The number of hydrogen-bond donors (Lipinski definition) is 0. The Bertz CT molecular complexity index is 277.